The molecular formula is C15H14F2O. The molecule has 0 fully saturated rings. The molecule has 0 saturated heterocycles. The van der Waals surface area contributed by atoms with Crippen LogP contribution in [0.2, 0.25) is 0 Å². The molecule has 0 radical (unpaired) electrons. The smallest absolute Gasteiger partial charge is 0.132 e. The van der Waals surface area contributed by atoms with E-state index in [4.69, 9.17) is 0 Å². The molecule has 18 heavy (non-hydrogen) atoms. The van der Waals surface area contributed by atoms with Gasteiger partial charge in [-0.15, -0.1) is 0 Å². The average Bonchev–Trinajstić information content (AvgIpc) is 2.38. The van der Waals surface area contributed by atoms with Crippen molar-refractivity contribution in [2.45, 2.75) is 19.4 Å². The molecule has 1 atom stereocenters. The summed E-state index contributed by atoms with van der Waals surface area (Å²) in [5.74, 6) is -1.38. The van der Waals surface area contributed by atoms with Crippen LogP contribution in [-0.2, 0) is 6.42 Å². The Morgan fingerprint density at radius 3 is 2.56 bits per heavy atom. The van der Waals surface area contributed by atoms with Crippen LogP contribution in [0.5, 0.6) is 0 Å². The molecule has 2 aromatic carbocycles. The van der Waals surface area contributed by atoms with Gasteiger partial charge in [0.05, 0.1) is 0 Å². The molecule has 0 heterocycles. The van der Waals surface area contributed by atoms with Gasteiger partial charge in [-0.3, -0.25) is 0 Å². The molecule has 1 unspecified atom stereocenters. The first kappa shape index (κ1) is 12.7. The Balaban J connectivity index is 2.37. The number of rotatable bonds is 3. The summed E-state index contributed by atoms with van der Waals surface area (Å²) >= 11 is 0. The lowest BCUT2D eigenvalue weighted by molar-refractivity contribution is 0.214. The van der Waals surface area contributed by atoms with Gasteiger partial charge in [0, 0.05) is 11.6 Å². The molecule has 1 nitrogen and oxygen atoms in total. The maximum Gasteiger partial charge on any atom is 0.132 e. The Hall–Kier alpha value is -1.74. The van der Waals surface area contributed by atoms with E-state index in [1.165, 1.54) is 6.07 Å². The van der Waals surface area contributed by atoms with Crippen LogP contribution >= 0.6 is 0 Å². The van der Waals surface area contributed by atoms with Crippen LogP contribution in [0.15, 0.2) is 42.5 Å². The summed E-state index contributed by atoms with van der Waals surface area (Å²) in [5.41, 5.74) is 1.76. The Bertz CT molecular complexity index is 552. The van der Waals surface area contributed by atoms with Gasteiger partial charge >= 0.3 is 0 Å². The van der Waals surface area contributed by atoms with Crippen molar-refractivity contribution < 1.29 is 13.9 Å². The Morgan fingerprint density at radius 1 is 1.11 bits per heavy atom. The number of hydrogen-bond donors (Lipinski definition) is 1. The minimum absolute atomic E-state index is 0.0876. The van der Waals surface area contributed by atoms with Crippen LogP contribution in [0.4, 0.5) is 8.78 Å². The highest BCUT2D eigenvalue weighted by Crippen LogP contribution is 2.25. The Labute approximate surface area is 105 Å². The van der Waals surface area contributed by atoms with Crippen LogP contribution in [0, 0.1) is 11.6 Å². The van der Waals surface area contributed by atoms with E-state index >= 15 is 0 Å². The molecule has 0 saturated carbocycles. The second-order valence-corrected chi connectivity index (χ2v) is 4.17. The Morgan fingerprint density at radius 2 is 1.89 bits per heavy atom. The molecule has 94 valence electrons. The second kappa shape index (κ2) is 5.27. The minimum atomic E-state index is -1.07. The highest BCUT2D eigenvalue weighted by Gasteiger charge is 2.15. The van der Waals surface area contributed by atoms with Crippen molar-refractivity contribution in [2.75, 3.05) is 0 Å². The zero-order chi connectivity index (χ0) is 13.1. The van der Waals surface area contributed by atoms with Crippen LogP contribution in [-0.4, -0.2) is 5.11 Å². The van der Waals surface area contributed by atoms with Crippen molar-refractivity contribution in [3.8, 4) is 0 Å². The maximum atomic E-state index is 13.6. The molecule has 0 amide bonds. The molecule has 3 heteroatoms. The first-order valence-electron chi connectivity index (χ1n) is 5.83. The zero-order valence-electron chi connectivity index (χ0n) is 10.0. The largest absolute Gasteiger partial charge is 0.384 e. The monoisotopic (exact) mass is 248 g/mol. The molecule has 2 aromatic rings. The van der Waals surface area contributed by atoms with E-state index in [0.717, 1.165) is 24.1 Å². The van der Waals surface area contributed by atoms with Crippen molar-refractivity contribution >= 4 is 0 Å². The molecule has 0 aliphatic heterocycles. The normalized spacial score (nSPS) is 12.4. The number of benzene rings is 2. The van der Waals surface area contributed by atoms with E-state index in [2.05, 4.69) is 0 Å². The predicted octanol–water partition coefficient (Wildman–Crippen LogP) is 3.61. The van der Waals surface area contributed by atoms with E-state index in [0.29, 0.717) is 5.56 Å². The fourth-order valence-corrected chi connectivity index (χ4v) is 1.89. The molecule has 0 spiro atoms. The van der Waals surface area contributed by atoms with Gasteiger partial charge < -0.3 is 5.11 Å². The third-order valence-corrected chi connectivity index (χ3v) is 2.93. The number of aryl methyl sites for hydroxylation is 1. The molecule has 0 aliphatic rings. The number of hydrogen-bond acceptors (Lipinski definition) is 1. The number of aliphatic hydroxyl groups excluding tert-OH is 1. The summed E-state index contributed by atoms with van der Waals surface area (Å²) in [6.45, 7) is 2.00. The summed E-state index contributed by atoms with van der Waals surface area (Å²) in [5, 5.41) is 10.1. The summed E-state index contributed by atoms with van der Waals surface area (Å²) in [7, 11) is 0. The molecular weight excluding hydrogens is 234 g/mol. The molecule has 0 bridgehead atoms. The predicted molar refractivity (Wildman–Crippen MR) is 66.2 cm³/mol. The quantitative estimate of drug-likeness (QED) is 0.879. The van der Waals surface area contributed by atoms with Gasteiger partial charge in [0.15, 0.2) is 0 Å². The number of aliphatic hydroxyl groups is 1. The van der Waals surface area contributed by atoms with Crippen LogP contribution in [0.3, 0.4) is 0 Å². The standard InChI is InChI=1S/C15H14F2O/c1-2-10-4-3-5-11(8-10)15(18)13-7-6-12(16)9-14(13)17/h3-9,15,18H,2H2,1H3. The van der Waals surface area contributed by atoms with Crippen molar-refractivity contribution in [3.05, 3.63) is 70.8 Å². The summed E-state index contributed by atoms with van der Waals surface area (Å²) in [6.07, 6.45) is -0.232. The molecule has 1 N–H and O–H groups in total. The lowest BCUT2D eigenvalue weighted by Gasteiger charge is -2.13. The minimum Gasteiger partial charge on any atom is -0.384 e. The van der Waals surface area contributed by atoms with Crippen LogP contribution < -0.4 is 0 Å². The van der Waals surface area contributed by atoms with Crippen LogP contribution in [0.25, 0.3) is 0 Å². The van der Waals surface area contributed by atoms with Gasteiger partial charge in [-0.1, -0.05) is 37.3 Å². The lowest BCUT2D eigenvalue weighted by atomic mass is 9.98. The number of halogens is 2. The first-order valence-corrected chi connectivity index (χ1v) is 5.83. The summed E-state index contributed by atoms with van der Waals surface area (Å²) < 4.78 is 26.4. The van der Waals surface area contributed by atoms with Crippen molar-refractivity contribution in [1.82, 2.24) is 0 Å². The topological polar surface area (TPSA) is 20.2 Å². The third kappa shape index (κ3) is 2.57. The van der Waals surface area contributed by atoms with Gasteiger partial charge in [-0.25, -0.2) is 8.78 Å². The average molecular weight is 248 g/mol. The highest BCUT2D eigenvalue weighted by molar-refractivity contribution is 5.33. The van der Waals surface area contributed by atoms with Crippen molar-refractivity contribution in [3.63, 3.8) is 0 Å². The van der Waals surface area contributed by atoms with E-state index in [1.54, 1.807) is 6.07 Å². The first-order chi connectivity index (χ1) is 8.61. The van der Waals surface area contributed by atoms with Gasteiger partial charge in [0.25, 0.3) is 0 Å². The summed E-state index contributed by atoms with van der Waals surface area (Å²) in [4.78, 5) is 0. The maximum absolute atomic E-state index is 13.6. The molecule has 0 aliphatic carbocycles. The van der Waals surface area contributed by atoms with Crippen molar-refractivity contribution in [1.29, 1.82) is 0 Å². The van der Waals surface area contributed by atoms with E-state index in [9.17, 15) is 13.9 Å². The fourth-order valence-electron chi connectivity index (χ4n) is 1.89. The molecule has 0 aromatic heterocycles. The molecule has 2 rings (SSSR count). The van der Waals surface area contributed by atoms with E-state index < -0.39 is 17.7 Å². The SMILES string of the molecule is CCc1cccc(C(O)c2ccc(F)cc2F)c1. The Kier molecular flexibility index (Phi) is 3.72. The highest BCUT2D eigenvalue weighted by atomic mass is 19.1. The van der Waals surface area contributed by atoms with E-state index in [1.807, 2.05) is 25.1 Å². The van der Waals surface area contributed by atoms with Gasteiger partial charge in [0.1, 0.15) is 17.7 Å². The third-order valence-electron chi connectivity index (χ3n) is 2.93. The fraction of sp³-hybridized carbons (Fsp3) is 0.200. The second-order valence-electron chi connectivity index (χ2n) is 4.17. The summed E-state index contributed by atoms with van der Waals surface area (Å²) in [6, 6.07) is 10.5. The van der Waals surface area contributed by atoms with Gasteiger partial charge in [-0.05, 0) is 23.6 Å². The van der Waals surface area contributed by atoms with Crippen LogP contribution in [0.1, 0.15) is 29.7 Å². The van der Waals surface area contributed by atoms with Gasteiger partial charge in [0.2, 0.25) is 0 Å². The van der Waals surface area contributed by atoms with Gasteiger partial charge in [-0.2, -0.15) is 0 Å². The lowest BCUT2D eigenvalue weighted by Crippen LogP contribution is -2.03. The van der Waals surface area contributed by atoms with E-state index in [-0.39, 0.29) is 5.56 Å². The van der Waals surface area contributed by atoms with Crippen molar-refractivity contribution in [2.24, 2.45) is 0 Å². The zero-order valence-corrected chi connectivity index (χ0v) is 10.0.